The van der Waals surface area contributed by atoms with E-state index in [-0.39, 0.29) is 12.3 Å². The van der Waals surface area contributed by atoms with Crippen molar-refractivity contribution in [1.29, 1.82) is 0 Å². The topological polar surface area (TPSA) is 68.0 Å². The number of rotatable bonds is 3. The molecule has 4 rings (SSSR count). The fourth-order valence-electron chi connectivity index (χ4n) is 2.69. The quantitative estimate of drug-likeness (QED) is 0.607. The Morgan fingerprint density at radius 3 is 2.96 bits per heavy atom. The van der Waals surface area contributed by atoms with Crippen molar-refractivity contribution in [2.75, 3.05) is 5.32 Å². The van der Waals surface area contributed by atoms with Gasteiger partial charge in [-0.3, -0.25) is 4.79 Å². The Morgan fingerprint density at radius 2 is 2.12 bits per heavy atom. The zero-order valence-electron chi connectivity index (χ0n) is 13.3. The third-order valence-corrected chi connectivity index (χ3v) is 4.83. The summed E-state index contributed by atoms with van der Waals surface area (Å²) in [5.41, 5.74) is 4.47. The Labute approximate surface area is 142 Å². The molecule has 6 heteroatoms. The fraction of sp³-hybridized carbons (Fsp3) is 0.167. The van der Waals surface area contributed by atoms with Gasteiger partial charge in [-0.15, -0.1) is 0 Å². The molecule has 0 bridgehead atoms. The lowest BCUT2D eigenvalue weighted by Crippen LogP contribution is -2.14. The predicted octanol–water partition coefficient (Wildman–Crippen LogP) is 4.24. The first-order valence-electron chi connectivity index (χ1n) is 7.61. The Bertz CT molecular complexity index is 1060. The van der Waals surface area contributed by atoms with Crippen molar-refractivity contribution in [2.24, 2.45) is 0 Å². The highest BCUT2D eigenvalue weighted by atomic mass is 32.1. The largest absolute Gasteiger partial charge is 0.356 e. The van der Waals surface area contributed by atoms with Crippen molar-refractivity contribution < 1.29 is 9.32 Å². The van der Waals surface area contributed by atoms with Crippen LogP contribution in [0.25, 0.3) is 21.2 Å². The molecule has 0 fully saturated rings. The number of aryl methyl sites for hydroxylation is 2. The third-order valence-electron chi connectivity index (χ3n) is 3.90. The molecule has 1 amide bonds. The standard InChI is InChI=1S/C18H15N3O2S/c1-10-6-7-14-12(8-10)13(21-23-14)9-16(22)19-18-20-17-11(2)4-3-5-15(17)24-18/h3-8H,9H2,1-2H3,(H,19,20,22). The molecule has 2 heterocycles. The van der Waals surface area contributed by atoms with Crippen LogP contribution in [-0.2, 0) is 11.2 Å². The zero-order valence-corrected chi connectivity index (χ0v) is 14.1. The van der Waals surface area contributed by atoms with Gasteiger partial charge in [0.2, 0.25) is 5.91 Å². The molecule has 2 aromatic carbocycles. The van der Waals surface area contributed by atoms with Crippen LogP contribution in [0.1, 0.15) is 16.8 Å². The van der Waals surface area contributed by atoms with Crippen molar-refractivity contribution in [3.63, 3.8) is 0 Å². The summed E-state index contributed by atoms with van der Waals surface area (Å²) in [6.07, 6.45) is 0.158. The molecule has 2 aromatic heterocycles. The van der Waals surface area contributed by atoms with Gasteiger partial charge in [-0.2, -0.15) is 0 Å². The molecule has 0 unspecified atom stereocenters. The van der Waals surface area contributed by atoms with Crippen LogP contribution < -0.4 is 5.32 Å². The molecular weight excluding hydrogens is 322 g/mol. The van der Waals surface area contributed by atoms with E-state index >= 15 is 0 Å². The predicted molar refractivity (Wildman–Crippen MR) is 95.4 cm³/mol. The van der Waals surface area contributed by atoms with E-state index < -0.39 is 0 Å². The molecule has 0 saturated carbocycles. The van der Waals surface area contributed by atoms with Gasteiger partial charge in [-0.1, -0.05) is 40.3 Å². The Balaban J connectivity index is 1.57. The molecule has 1 N–H and O–H groups in total. The lowest BCUT2D eigenvalue weighted by molar-refractivity contribution is -0.115. The van der Waals surface area contributed by atoms with Crippen LogP contribution in [0.3, 0.4) is 0 Å². The number of hydrogen-bond acceptors (Lipinski definition) is 5. The molecule has 0 atom stereocenters. The van der Waals surface area contributed by atoms with Gasteiger partial charge in [0.15, 0.2) is 10.7 Å². The average Bonchev–Trinajstić information content (AvgIpc) is 3.12. The van der Waals surface area contributed by atoms with Gasteiger partial charge in [0.1, 0.15) is 5.69 Å². The van der Waals surface area contributed by atoms with Crippen LogP contribution in [0, 0.1) is 13.8 Å². The fourth-order valence-corrected chi connectivity index (χ4v) is 3.65. The second-order valence-electron chi connectivity index (χ2n) is 5.79. The highest BCUT2D eigenvalue weighted by Crippen LogP contribution is 2.28. The summed E-state index contributed by atoms with van der Waals surface area (Å²) in [4.78, 5) is 16.8. The Hall–Kier alpha value is -2.73. The first kappa shape index (κ1) is 14.8. The van der Waals surface area contributed by atoms with Crippen molar-refractivity contribution in [2.45, 2.75) is 20.3 Å². The number of para-hydroxylation sites is 1. The van der Waals surface area contributed by atoms with Crippen LogP contribution in [0.4, 0.5) is 5.13 Å². The number of nitrogens with zero attached hydrogens (tertiary/aromatic N) is 2. The minimum Gasteiger partial charge on any atom is -0.356 e. The number of carbonyl (C=O) groups excluding carboxylic acids is 1. The zero-order chi connectivity index (χ0) is 16.7. The third kappa shape index (κ3) is 2.65. The number of fused-ring (bicyclic) bond motifs is 2. The van der Waals surface area contributed by atoms with Gasteiger partial charge < -0.3 is 9.84 Å². The maximum atomic E-state index is 12.3. The molecule has 0 saturated heterocycles. The van der Waals surface area contributed by atoms with Crippen molar-refractivity contribution in [3.8, 4) is 0 Å². The van der Waals surface area contributed by atoms with Gasteiger partial charge in [0.05, 0.1) is 16.6 Å². The summed E-state index contributed by atoms with van der Waals surface area (Å²) in [7, 11) is 0. The molecule has 0 aliphatic rings. The molecule has 5 nitrogen and oxygen atoms in total. The Kier molecular flexibility index (Phi) is 3.54. The molecule has 4 aromatic rings. The molecule has 0 radical (unpaired) electrons. The number of anilines is 1. The first-order chi connectivity index (χ1) is 11.6. The SMILES string of the molecule is Cc1ccc2onc(CC(=O)Nc3nc4c(C)cccc4s3)c2c1. The van der Waals surface area contributed by atoms with Crippen LogP contribution in [0.5, 0.6) is 0 Å². The molecule has 120 valence electrons. The molecule has 0 aliphatic carbocycles. The second kappa shape index (κ2) is 5.72. The number of benzene rings is 2. The maximum absolute atomic E-state index is 12.3. The van der Waals surface area contributed by atoms with Crippen molar-refractivity contribution in [1.82, 2.24) is 10.1 Å². The molecule has 0 spiro atoms. The summed E-state index contributed by atoms with van der Waals surface area (Å²) in [6, 6.07) is 11.8. The van der Waals surface area contributed by atoms with Crippen LogP contribution >= 0.6 is 11.3 Å². The number of aromatic nitrogens is 2. The summed E-state index contributed by atoms with van der Waals surface area (Å²) in [5, 5.41) is 8.37. The van der Waals surface area contributed by atoms with Crippen LogP contribution in [0.2, 0.25) is 0 Å². The molecular formula is C18H15N3O2S. The summed E-state index contributed by atoms with van der Waals surface area (Å²) >= 11 is 1.47. The van der Waals surface area contributed by atoms with E-state index in [0.29, 0.717) is 16.4 Å². The van der Waals surface area contributed by atoms with E-state index in [0.717, 1.165) is 26.7 Å². The lowest BCUT2D eigenvalue weighted by Gasteiger charge is -1.99. The van der Waals surface area contributed by atoms with Gasteiger partial charge >= 0.3 is 0 Å². The highest BCUT2D eigenvalue weighted by molar-refractivity contribution is 7.22. The normalized spacial score (nSPS) is 11.2. The monoisotopic (exact) mass is 337 g/mol. The van der Waals surface area contributed by atoms with E-state index in [9.17, 15) is 4.79 Å². The second-order valence-corrected chi connectivity index (χ2v) is 6.83. The summed E-state index contributed by atoms with van der Waals surface area (Å²) in [6.45, 7) is 4.01. The van der Waals surface area contributed by atoms with E-state index in [2.05, 4.69) is 15.5 Å². The number of nitrogens with one attached hydrogen (secondary N) is 1. The van der Waals surface area contributed by atoms with Gasteiger partial charge in [0, 0.05) is 5.39 Å². The average molecular weight is 337 g/mol. The number of carbonyl (C=O) groups is 1. The van der Waals surface area contributed by atoms with Gasteiger partial charge in [-0.05, 0) is 37.6 Å². The van der Waals surface area contributed by atoms with Gasteiger partial charge in [0.25, 0.3) is 0 Å². The smallest absolute Gasteiger partial charge is 0.232 e. The first-order valence-corrected chi connectivity index (χ1v) is 8.43. The van der Waals surface area contributed by atoms with Crippen molar-refractivity contribution in [3.05, 3.63) is 53.2 Å². The minimum absolute atomic E-state index is 0.150. The van der Waals surface area contributed by atoms with E-state index in [1.54, 1.807) is 0 Å². The Morgan fingerprint density at radius 1 is 1.25 bits per heavy atom. The van der Waals surface area contributed by atoms with E-state index in [4.69, 9.17) is 4.52 Å². The van der Waals surface area contributed by atoms with Crippen molar-refractivity contribution >= 4 is 43.6 Å². The number of hydrogen-bond donors (Lipinski definition) is 1. The summed E-state index contributed by atoms with van der Waals surface area (Å²) in [5.74, 6) is -0.150. The minimum atomic E-state index is -0.150. The molecule has 0 aliphatic heterocycles. The van der Waals surface area contributed by atoms with E-state index in [1.807, 2.05) is 50.2 Å². The van der Waals surface area contributed by atoms with Crippen LogP contribution in [0.15, 0.2) is 40.9 Å². The van der Waals surface area contributed by atoms with E-state index in [1.165, 1.54) is 11.3 Å². The lowest BCUT2D eigenvalue weighted by atomic mass is 10.1. The molecule has 24 heavy (non-hydrogen) atoms. The number of thiazole rings is 1. The highest BCUT2D eigenvalue weighted by Gasteiger charge is 2.14. The number of amides is 1. The van der Waals surface area contributed by atoms with Gasteiger partial charge in [-0.25, -0.2) is 4.98 Å². The maximum Gasteiger partial charge on any atom is 0.232 e. The summed E-state index contributed by atoms with van der Waals surface area (Å²) < 4.78 is 6.34. The van der Waals surface area contributed by atoms with Crippen LogP contribution in [-0.4, -0.2) is 16.0 Å².